The fourth-order valence-electron chi connectivity index (χ4n) is 1.92. The van der Waals surface area contributed by atoms with Crippen LogP contribution in [0, 0.1) is 12.7 Å². The fraction of sp³-hybridized carbons (Fsp3) is 0.250. The van der Waals surface area contributed by atoms with Crippen molar-refractivity contribution in [2.24, 2.45) is 0 Å². The van der Waals surface area contributed by atoms with Crippen LogP contribution in [0.3, 0.4) is 0 Å². The van der Waals surface area contributed by atoms with E-state index in [1.165, 1.54) is 12.1 Å². The van der Waals surface area contributed by atoms with E-state index in [0.29, 0.717) is 5.75 Å². The van der Waals surface area contributed by atoms with Crippen LogP contribution in [-0.4, -0.2) is 5.11 Å². The van der Waals surface area contributed by atoms with Crippen molar-refractivity contribution in [1.82, 2.24) is 0 Å². The molecule has 0 aromatic heterocycles. The lowest BCUT2D eigenvalue weighted by atomic mass is 10.1. The lowest BCUT2D eigenvalue weighted by Crippen LogP contribution is -2.01. The van der Waals surface area contributed by atoms with E-state index in [1.807, 2.05) is 25.1 Å². The largest absolute Gasteiger partial charge is 0.489 e. The van der Waals surface area contributed by atoms with Crippen LogP contribution in [0.2, 0.25) is 5.02 Å². The molecule has 2 nitrogen and oxygen atoms in total. The highest BCUT2D eigenvalue weighted by molar-refractivity contribution is 6.30. The molecule has 2 aromatic carbocycles. The maximum Gasteiger partial charge on any atom is 0.141 e. The molecule has 0 fully saturated rings. The molecule has 0 radical (unpaired) electrons. The van der Waals surface area contributed by atoms with E-state index in [1.54, 1.807) is 13.0 Å². The predicted octanol–water partition coefficient (Wildman–Crippen LogP) is 4.42. The van der Waals surface area contributed by atoms with Crippen molar-refractivity contribution < 1.29 is 14.2 Å². The number of benzene rings is 2. The molecule has 2 aromatic rings. The summed E-state index contributed by atoms with van der Waals surface area (Å²) in [6.45, 7) is 3.91. The molecule has 0 saturated carbocycles. The van der Waals surface area contributed by atoms with E-state index in [-0.39, 0.29) is 11.6 Å². The van der Waals surface area contributed by atoms with Gasteiger partial charge in [0.2, 0.25) is 0 Å². The normalized spacial score (nSPS) is 12.2. The summed E-state index contributed by atoms with van der Waals surface area (Å²) < 4.78 is 18.8. The lowest BCUT2D eigenvalue weighted by Gasteiger charge is -2.14. The van der Waals surface area contributed by atoms with Crippen LogP contribution in [0.4, 0.5) is 4.39 Å². The second kappa shape index (κ2) is 6.25. The van der Waals surface area contributed by atoms with Gasteiger partial charge in [0.05, 0.1) is 11.1 Å². The van der Waals surface area contributed by atoms with Gasteiger partial charge in [-0.3, -0.25) is 0 Å². The first kappa shape index (κ1) is 14.8. The minimum absolute atomic E-state index is 0.0748. The van der Waals surface area contributed by atoms with Crippen LogP contribution in [0.25, 0.3) is 0 Å². The van der Waals surface area contributed by atoms with Crippen LogP contribution in [-0.2, 0) is 6.61 Å². The molecule has 1 atom stereocenters. The number of aryl methyl sites for hydroxylation is 1. The van der Waals surface area contributed by atoms with Gasteiger partial charge in [-0.2, -0.15) is 0 Å². The summed E-state index contributed by atoms with van der Waals surface area (Å²) in [5, 5.41) is 9.83. The smallest absolute Gasteiger partial charge is 0.141 e. The van der Waals surface area contributed by atoms with Crippen molar-refractivity contribution in [3.05, 3.63) is 63.9 Å². The molecule has 4 heteroatoms. The Kier molecular flexibility index (Phi) is 4.63. The number of aliphatic hydroxyl groups is 1. The Morgan fingerprint density at radius 2 is 2.00 bits per heavy atom. The molecule has 0 unspecified atom stereocenters. The minimum atomic E-state index is -0.610. The maximum atomic E-state index is 13.1. The first-order valence-corrected chi connectivity index (χ1v) is 6.70. The molecular formula is C16H16ClFO2. The third-order valence-corrected chi connectivity index (χ3v) is 3.28. The van der Waals surface area contributed by atoms with Gasteiger partial charge in [0.1, 0.15) is 18.2 Å². The molecule has 0 spiro atoms. The van der Waals surface area contributed by atoms with E-state index in [4.69, 9.17) is 16.3 Å². The number of rotatable bonds is 4. The molecule has 0 heterocycles. The molecule has 20 heavy (non-hydrogen) atoms. The van der Waals surface area contributed by atoms with Crippen LogP contribution >= 0.6 is 11.6 Å². The van der Waals surface area contributed by atoms with E-state index in [2.05, 4.69) is 0 Å². The molecule has 0 aliphatic carbocycles. The van der Waals surface area contributed by atoms with Crippen molar-refractivity contribution in [2.75, 3.05) is 0 Å². The average Bonchev–Trinajstić information content (AvgIpc) is 2.41. The lowest BCUT2D eigenvalue weighted by molar-refractivity contribution is 0.190. The second-order valence-electron chi connectivity index (χ2n) is 4.75. The van der Waals surface area contributed by atoms with Gasteiger partial charge < -0.3 is 9.84 Å². The molecule has 106 valence electrons. The quantitative estimate of drug-likeness (QED) is 0.904. The maximum absolute atomic E-state index is 13.1. The number of hydrogen-bond acceptors (Lipinski definition) is 2. The molecule has 0 aliphatic heterocycles. The van der Waals surface area contributed by atoms with Crippen LogP contribution < -0.4 is 4.74 Å². The average molecular weight is 295 g/mol. The SMILES string of the molecule is Cc1ccc(OCc2ccc(F)c(Cl)c2)c([C@H](C)O)c1. The zero-order valence-corrected chi connectivity index (χ0v) is 12.1. The van der Waals surface area contributed by atoms with Crippen molar-refractivity contribution in [1.29, 1.82) is 0 Å². The second-order valence-corrected chi connectivity index (χ2v) is 5.16. The van der Waals surface area contributed by atoms with E-state index < -0.39 is 11.9 Å². The predicted molar refractivity (Wildman–Crippen MR) is 77.6 cm³/mol. The van der Waals surface area contributed by atoms with Gasteiger partial charge in [-0.15, -0.1) is 0 Å². The summed E-state index contributed by atoms with van der Waals surface area (Å²) >= 11 is 5.73. The number of ether oxygens (including phenoxy) is 1. The molecule has 1 N–H and O–H groups in total. The number of hydrogen-bond donors (Lipinski definition) is 1. The standard InChI is InChI=1S/C16H16ClFO2/c1-10-3-6-16(13(7-10)11(2)19)20-9-12-4-5-15(18)14(17)8-12/h3-8,11,19H,9H2,1-2H3/t11-/m0/s1. The third kappa shape index (κ3) is 3.50. The molecular weight excluding hydrogens is 279 g/mol. The summed E-state index contributed by atoms with van der Waals surface area (Å²) in [6.07, 6.45) is -0.610. The molecule has 0 bridgehead atoms. The molecule has 2 rings (SSSR count). The van der Waals surface area contributed by atoms with Crippen molar-refractivity contribution in [2.45, 2.75) is 26.6 Å². The van der Waals surface area contributed by atoms with Gasteiger partial charge in [0.15, 0.2) is 0 Å². The number of halogens is 2. The Hall–Kier alpha value is -1.58. The van der Waals surface area contributed by atoms with Gasteiger partial charge in [-0.25, -0.2) is 4.39 Å². The van der Waals surface area contributed by atoms with Crippen LogP contribution in [0.5, 0.6) is 5.75 Å². The van der Waals surface area contributed by atoms with Crippen LogP contribution in [0.1, 0.15) is 29.7 Å². The number of aliphatic hydroxyl groups excluding tert-OH is 1. The third-order valence-electron chi connectivity index (χ3n) is 2.99. The Labute approximate surface area is 122 Å². The summed E-state index contributed by atoms with van der Waals surface area (Å²) in [5.41, 5.74) is 2.56. The van der Waals surface area contributed by atoms with Gasteiger partial charge in [0, 0.05) is 5.56 Å². The Morgan fingerprint density at radius 1 is 1.25 bits per heavy atom. The molecule has 0 saturated heterocycles. The van der Waals surface area contributed by atoms with Gasteiger partial charge in [-0.05, 0) is 43.7 Å². The monoisotopic (exact) mass is 294 g/mol. The minimum Gasteiger partial charge on any atom is -0.489 e. The zero-order chi connectivity index (χ0) is 14.7. The highest BCUT2D eigenvalue weighted by Crippen LogP contribution is 2.27. The van der Waals surface area contributed by atoms with Gasteiger partial charge >= 0.3 is 0 Å². The van der Waals surface area contributed by atoms with E-state index in [0.717, 1.165) is 16.7 Å². The summed E-state index contributed by atoms with van der Waals surface area (Å²) in [5.74, 6) is 0.168. The van der Waals surface area contributed by atoms with E-state index in [9.17, 15) is 9.50 Å². The molecule has 0 aliphatic rings. The first-order valence-electron chi connectivity index (χ1n) is 6.32. The summed E-state index contributed by atoms with van der Waals surface area (Å²) in [4.78, 5) is 0. The Bertz CT molecular complexity index is 611. The van der Waals surface area contributed by atoms with Gasteiger partial charge in [0.25, 0.3) is 0 Å². The topological polar surface area (TPSA) is 29.5 Å². The summed E-state index contributed by atoms with van der Waals surface area (Å²) in [7, 11) is 0. The summed E-state index contributed by atoms with van der Waals surface area (Å²) in [6, 6.07) is 10.1. The molecule has 0 amide bonds. The first-order chi connectivity index (χ1) is 9.47. The Morgan fingerprint density at radius 3 is 2.65 bits per heavy atom. The highest BCUT2D eigenvalue weighted by atomic mass is 35.5. The Balaban J connectivity index is 2.16. The van der Waals surface area contributed by atoms with Crippen LogP contribution in [0.15, 0.2) is 36.4 Å². The van der Waals surface area contributed by atoms with Crippen molar-refractivity contribution in [3.63, 3.8) is 0 Å². The van der Waals surface area contributed by atoms with Gasteiger partial charge in [-0.1, -0.05) is 29.3 Å². The van der Waals surface area contributed by atoms with E-state index >= 15 is 0 Å². The fourth-order valence-corrected chi connectivity index (χ4v) is 2.12. The van der Waals surface area contributed by atoms with Crippen molar-refractivity contribution >= 4 is 11.6 Å². The highest BCUT2D eigenvalue weighted by Gasteiger charge is 2.10. The van der Waals surface area contributed by atoms with Crippen molar-refractivity contribution in [3.8, 4) is 5.75 Å². The zero-order valence-electron chi connectivity index (χ0n) is 11.4.